The first kappa shape index (κ1) is 33.6. The van der Waals surface area contributed by atoms with Gasteiger partial charge in [-0.25, -0.2) is 4.39 Å². The molecule has 0 amide bonds. The molecule has 0 rings (SSSR count). The molecule has 0 saturated heterocycles. The molecule has 6 heteroatoms. The summed E-state index contributed by atoms with van der Waals surface area (Å²) >= 11 is 0. The van der Waals surface area contributed by atoms with E-state index in [4.69, 9.17) is 4.18 Å². The standard InChI is InChI=1S/C24H49FO3S.K.H/c1-3-5-7-9-11-12-13-14-15-17-19-21-23-28-29(26,27)24(25)22-20-18-16-10-8-6-4-2;;/h24H,3-23H2,1-2H3;;. The molecule has 1 atom stereocenters. The fourth-order valence-electron chi connectivity index (χ4n) is 3.60. The topological polar surface area (TPSA) is 43.4 Å². The molecule has 0 bridgehead atoms. The fourth-order valence-corrected chi connectivity index (χ4v) is 4.55. The van der Waals surface area contributed by atoms with Gasteiger partial charge in [-0.15, -0.1) is 0 Å². The van der Waals surface area contributed by atoms with Crippen LogP contribution in [0.2, 0.25) is 0 Å². The summed E-state index contributed by atoms with van der Waals surface area (Å²) < 4.78 is 42.5. The zero-order chi connectivity index (χ0) is 21.6. The summed E-state index contributed by atoms with van der Waals surface area (Å²) in [7, 11) is -4.04. The molecule has 0 aromatic carbocycles. The summed E-state index contributed by atoms with van der Waals surface area (Å²) in [5.74, 6) is 0. The van der Waals surface area contributed by atoms with E-state index in [0.29, 0.717) is 12.8 Å². The van der Waals surface area contributed by atoms with Gasteiger partial charge in [0.15, 0.2) is 0 Å². The van der Waals surface area contributed by atoms with Crippen LogP contribution in [0, 0.1) is 0 Å². The number of hydrogen-bond acceptors (Lipinski definition) is 3. The summed E-state index contributed by atoms with van der Waals surface area (Å²) in [5, 5.41) is 0. The maximum atomic E-state index is 13.9. The monoisotopic (exact) mass is 476 g/mol. The van der Waals surface area contributed by atoms with Crippen LogP contribution < -0.4 is 0 Å². The van der Waals surface area contributed by atoms with Crippen LogP contribution in [0.25, 0.3) is 0 Å². The first-order valence-electron chi connectivity index (χ1n) is 12.6. The summed E-state index contributed by atoms with van der Waals surface area (Å²) in [6.07, 6.45) is 22.1. The molecule has 0 aromatic heterocycles. The van der Waals surface area contributed by atoms with Crippen LogP contribution in [0.3, 0.4) is 0 Å². The molecule has 3 nitrogen and oxygen atoms in total. The Balaban J connectivity index is 0. The van der Waals surface area contributed by atoms with E-state index >= 15 is 0 Å². The fraction of sp³-hybridized carbons (Fsp3) is 1.00. The van der Waals surface area contributed by atoms with Crippen molar-refractivity contribution in [2.75, 3.05) is 6.61 Å². The Hall–Kier alpha value is 1.48. The van der Waals surface area contributed by atoms with Gasteiger partial charge in [0.25, 0.3) is 10.1 Å². The molecule has 0 aromatic rings. The van der Waals surface area contributed by atoms with E-state index in [9.17, 15) is 12.8 Å². The van der Waals surface area contributed by atoms with Crippen molar-refractivity contribution in [1.29, 1.82) is 0 Å². The first-order chi connectivity index (χ1) is 14.0. The maximum absolute atomic E-state index is 13.9. The van der Waals surface area contributed by atoms with Crippen molar-refractivity contribution >= 4 is 61.5 Å². The van der Waals surface area contributed by atoms with Crippen LogP contribution in [-0.2, 0) is 14.3 Å². The minimum atomic E-state index is -4.04. The average molecular weight is 477 g/mol. The summed E-state index contributed by atoms with van der Waals surface area (Å²) in [6, 6.07) is 0. The van der Waals surface area contributed by atoms with Gasteiger partial charge in [-0.3, -0.25) is 4.18 Å². The van der Waals surface area contributed by atoms with Crippen LogP contribution in [0.4, 0.5) is 4.39 Å². The SMILES string of the molecule is CCCCCCCCCCCCCCOS(=O)(=O)C(F)CCCCCCCCC.[KH]. The van der Waals surface area contributed by atoms with Crippen molar-refractivity contribution in [2.45, 2.75) is 148 Å². The Morgan fingerprint density at radius 1 is 0.600 bits per heavy atom. The van der Waals surface area contributed by atoms with Crippen molar-refractivity contribution in [3.8, 4) is 0 Å². The van der Waals surface area contributed by atoms with E-state index in [-0.39, 0.29) is 64.4 Å². The molecule has 0 spiro atoms. The molecule has 30 heavy (non-hydrogen) atoms. The van der Waals surface area contributed by atoms with Crippen molar-refractivity contribution in [2.24, 2.45) is 0 Å². The second-order valence-corrected chi connectivity index (χ2v) is 10.3. The summed E-state index contributed by atoms with van der Waals surface area (Å²) in [5.41, 5.74) is -1.87. The average Bonchev–Trinajstić information content (AvgIpc) is 2.70. The molecule has 0 aliphatic rings. The third-order valence-corrected chi connectivity index (χ3v) is 6.95. The Morgan fingerprint density at radius 3 is 1.33 bits per heavy atom. The second kappa shape index (κ2) is 25.1. The Bertz CT molecular complexity index is 432. The molecule has 0 N–H and O–H groups in total. The summed E-state index contributed by atoms with van der Waals surface area (Å²) in [6.45, 7) is 4.54. The van der Waals surface area contributed by atoms with Crippen LogP contribution in [0.15, 0.2) is 0 Å². The van der Waals surface area contributed by atoms with Gasteiger partial charge in [0.2, 0.25) is 5.50 Å². The van der Waals surface area contributed by atoms with E-state index < -0.39 is 15.6 Å². The first-order valence-corrected chi connectivity index (χ1v) is 14.0. The predicted octanol–water partition coefficient (Wildman–Crippen LogP) is 7.82. The number of rotatable bonds is 23. The van der Waals surface area contributed by atoms with Gasteiger partial charge in [0, 0.05) is 0 Å². The van der Waals surface area contributed by atoms with E-state index in [0.717, 1.165) is 32.1 Å². The second-order valence-electron chi connectivity index (χ2n) is 8.52. The van der Waals surface area contributed by atoms with Crippen molar-refractivity contribution < 1.29 is 17.0 Å². The number of halogens is 1. The van der Waals surface area contributed by atoms with Crippen molar-refractivity contribution in [1.82, 2.24) is 0 Å². The van der Waals surface area contributed by atoms with Gasteiger partial charge in [-0.05, 0) is 19.3 Å². The van der Waals surface area contributed by atoms with Gasteiger partial charge < -0.3 is 0 Å². The molecule has 1 unspecified atom stereocenters. The normalized spacial score (nSPS) is 12.6. The van der Waals surface area contributed by atoms with E-state index in [1.54, 1.807) is 0 Å². The van der Waals surface area contributed by atoms with Crippen LogP contribution >= 0.6 is 0 Å². The third kappa shape index (κ3) is 22.7. The van der Waals surface area contributed by atoms with Crippen molar-refractivity contribution in [3.63, 3.8) is 0 Å². The Kier molecular flexibility index (Phi) is 28.2. The molecule has 0 fully saturated rings. The molecule has 0 heterocycles. The van der Waals surface area contributed by atoms with Crippen LogP contribution in [-0.4, -0.2) is 71.9 Å². The van der Waals surface area contributed by atoms with Crippen molar-refractivity contribution in [3.05, 3.63) is 0 Å². The van der Waals surface area contributed by atoms with Gasteiger partial charge in [0.1, 0.15) is 0 Å². The Morgan fingerprint density at radius 2 is 0.933 bits per heavy atom. The van der Waals surface area contributed by atoms with E-state index in [2.05, 4.69) is 13.8 Å². The molecule has 0 aliphatic carbocycles. The zero-order valence-corrected chi connectivity index (χ0v) is 20.3. The molecular weight excluding hydrogens is 426 g/mol. The minimum absolute atomic E-state index is 0. The number of alkyl halides is 1. The molecule has 178 valence electrons. The van der Waals surface area contributed by atoms with Gasteiger partial charge >= 0.3 is 51.4 Å². The van der Waals surface area contributed by atoms with Crippen LogP contribution in [0.1, 0.15) is 142 Å². The quantitative estimate of drug-likeness (QED) is 0.0857. The number of unbranched alkanes of at least 4 members (excludes halogenated alkanes) is 17. The molecule has 0 saturated carbocycles. The predicted molar refractivity (Wildman–Crippen MR) is 131 cm³/mol. The van der Waals surface area contributed by atoms with Gasteiger partial charge in [-0.1, -0.05) is 123 Å². The van der Waals surface area contributed by atoms with E-state index in [1.807, 2.05) is 0 Å². The van der Waals surface area contributed by atoms with Gasteiger partial charge in [0.05, 0.1) is 6.61 Å². The Labute approximate surface area is 230 Å². The molecule has 0 radical (unpaired) electrons. The molecule has 0 aliphatic heterocycles. The van der Waals surface area contributed by atoms with Crippen LogP contribution in [0.5, 0.6) is 0 Å². The van der Waals surface area contributed by atoms with Gasteiger partial charge in [-0.2, -0.15) is 8.42 Å². The third-order valence-electron chi connectivity index (χ3n) is 5.59. The zero-order valence-electron chi connectivity index (χ0n) is 19.4. The van der Waals surface area contributed by atoms with E-state index in [1.165, 1.54) is 77.0 Å². The molecular formula is C24H50FKO3S. The number of hydrogen-bond donors (Lipinski definition) is 0. The summed E-state index contributed by atoms with van der Waals surface area (Å²) in [4.78, 5) is 0.